The Morgan fingerprint density at radius 2 is 1.88 bits per heavy atom. The molecule has 0 atom stereocenters. The number of para-hydroxylation sites is 1. The molecule has 4 heteroatoms. The predicted octanol–water partition coefficient (Wildman–Crippen LogP) is 1.83. The second-order valence-electron chi connectivity index (χ2n) is 3.66. The van der Waals surface area contributed by atoms with Gasteiger partial charge in [0.2, 0.25) is 9.84 Å². The number of ether oxygens (including phenoxy) is 1. The summed E-state index contributed by atoms with van der Waals surface area (Å²) in [6, 6.07) is 7.12. The fourth-order valence-corrected chi connectivity index (χ4v) is 1.37. The third-order valence-corrected chi connectivity index (χ3v) is 2.09. The summed E-state index contributed by atoms with van der Waals surface area (Å²) < 4.78 is 27.4. The molecule has 0 N–H and O–H groups in total. The van der Waals surface area contributed by atoms with Crippen LogP contribution in [0.25, 0.3) is 0 Å². The number of rotatable bonds is 2. The largest absolute Gasteiger partial charge is 0.490 e. The van der Waals surface area contributed by atoms with E-state index in [1.54, 1.807) is 18.2 Å². The van der Waals surface area contributed by atoms with Gasteiger partial charge in [0.25, 0.3) is 0 Å². The third kappa shape index (κ3) is 4.37. The molecule has 0 aromatic heterocycles. The Morgan fingerprint density at radius 1 is 1.25 bits per heavy atom. The van der Waals surface area contributed by atoms with Crippen molar-refractivity contribution in [3.05, 3.63) is 29.8 Å². The van der Waals surface area contributed by atoms with E-state index in [0.29, 0.717) is 11.3 Å². The van der Waals surface area contributed by atoms with Crippen LogP contribution in [0.15, 0.2) is 24.3 Å². The molecule has 0 aliphatic heterocycles. The average molecular weight is 238 g/mol. The van der Waals surface area contributed by atoms with Crippen LogP contribution in [0.1, 0.15) is 19.4 Å². The molecule has 1 aromatic carbocycles. The molecule has 1 rings (SSSR count). The third-order valence-electron chi connectivity index (χ3n) is 1.62. The van der Waals surface area contributed by atoms with Crippen molar-refractivity contribution < 1.29 is 13.2 Å². The van der Waals surface area contributed by atoms with Crippen molar-refractivity contribution >= 4 is 9.84 Å². The summed E-state index contributed by atoms with van der Waals surface area (Å²) in [5, 5.41) is 2.19. The van der Waals surface area contributed by atoms with E-state index in [1.165, 1.54) is 0 Å². The molecule has 3 nitrogen and oxygen atoms in total. The molecule has 0 aliphatic carbocycles. The first-order valence-corrected chi connectivity index (χ1v) is 6.76. The van der Waals surface area contributed by atoms with Crippen LogP contribution in [0.3, 0.4) is 0 Å². The average Bonchev–Trinajstić information content (AvgIpc) is 2.14. The van der Waals surface area contributed by atoms with Crippen molar-refractivity contribution in [2.45, 2.75) is 20.0 Å². The van der Waals surface area contributed by atoms with Crippen LogP contribution in [0.2, 0.25) is 0 Å². The molecule has 0 aliphatic rings. The molecule has 0 spiro atoms. The Balaban J connectivity index is 3.08. The van der Waals surface area contributed by atoms with Crippen molar-refractivity contribution in [1.82, 2.24) is 0 Å². The lowest BCUT2D eigenvalue weighted by molar-refractivity contribution is 0.242. The Bertz CT molecular complexity index is 519. The van der Waals surface area contributed by atoms with E-state index >= 15 is 0 Å². The molecule has 86 valence electrons. The van der Waals surface area contributed by atoms with E-state index in [2.05, 4.69) is 11.2 Å². The topological polar surface area (TPSA) is 43.4 Å². The van der Waals surface area contributed by atoms with Gasteiger partial charge < -0.3 is 4.74 Å². The smallest absolute Gasteiger partial charge is 0.214 e. The van der Waals surface area contributed by atoms with Crippen molar-refractivity contribution in [3.8, 4) is 16.9 Å². The molecule has 0 bridgehead atoms. The molecule has 16 heavy (non-hydrogen) atoms. The second-order valence-corrected chi connectivity index (χ2v) is 5.41. The van der Waals surface area contributed by atoms with Gasteiger partial charge in [-0.3, -0.25) is 0 Å². The van der Waals surface area contributed by atoms with E-state index < -0.39 is 9.84 Å². The first-order valence-electron chi connectivity index (χ1n) is 4.87. The molecule has 0 saturated heterocycles. The van der Waals surface area contributed by atoms with Gasteiger partial charge in [-0.15, -0.1) is 0 Å². The van der Waals surface area contributed by atoms with Gasteiger partial charge in [0, 0.05) is 5.25 Å². The summed E-state index contributed by atoms with van der Waals surface area (Å²) in [5.41, 5.74) is 0.585. The van der Waals surface area contributed by atoms with Gasteiger partial charge in [-0.25, -0.2) is 8.42 Å². The highest BCUT2D eigenvalue weighted by molar-refractivity contribution is 7.95. The van der Waals surface area contributed by atoms with Crippen LogP contribution in [-0.2, 0) is 9.84 Å². The highest BCUT2D eigenvalue weighted by Gasteiger charge is 2.02. The second kappa shape index (κ2) is 5.04. The van der Waals surface area contributed by atoms with Crippen molar-refractivity contribution in [2.24, 2.45) is 0 Å². The lowest BCUT2D eigenvalue weighted by atomic mass is 10.2. The minimum Gasteiger partial charge on any atom is -0.490 e. The summed E-state index contributed by atoms with van der Waals surface area (Å²) in [6.45, 7) is 3.81. The molecule has 1 aromatic rings. The zero-order valence-electron chi connectivity index (χ0n) is 9.52. The van der Waals surface area contributed by atoms with E-state index in [1.807, 2.05) is 19.9 Å². The molecule has 0 heterocycles. The summed E-state index contributed by atoms with van der Waals surface area (Å²) in [7, 11) is -3.28. The van der Waals surface area contributed by atoms with Crippen molar-refractivity contribution in [2.75, 3.05) is 6.26 Å². The quantitative estimate of drug-likeness (QED) is 0.738. The zero-order chi connectivity index (χ0) is 12.2. The van der Waals surface area contributed by atoms with Crippen LogP contribution in [0.4, 0.5) is 0 Å². The maximum atomic E-state index is 10.9. The number of sulfone groups is 1. The molecule has 0 amide bonds. The van der Waals surface area contributed by atoms with E-state index in [9.17, 15) is 8.42 Å². The molecule has 0 radical (unpaired) electrons. The highest BCUT2D eigenvalue weighted by Crippen LogP contribution is 2.18. The predicted molar refractivity (Wildman–Crippen MR) is 63.9 cm³/mol. The Labute approximate surface area is 96.4 Å². The number of hydrogen-bond donors (Lipinski definition) is 0. The maximum absolute atomic E-state index is 10.9. The van der Waals surface area contributed by atoms with Crippen molar-refractivity contribution in [1.29, 1.82) is 0 Å². The molecule has 0 saturated carbocycles. The van der Waals surface area contributed by atoms with Gasteiger partial charge >= 0.3 is 0 Å². The Hall–Kier alpha value is -1.47. The number of benzene rings is 1. The summed E-state index contributed by atoms with van der Waals surface area (Å²) in [5.74, 6) is 3.20. The Kier molecular flexibility index (Phi) is 3.97. The van der Waals surface area contributed by atoms with E-state index in [0.717, 1.165) is 6.26 Å². The minimum absolute atomic E-state index is 0.0289. The van der Waals surface area contributed by atoms with E-state index in [-0.39, 0.29) is 6.10 Å². The summed E-state index contributed by atoms with van der Waals surface area (Å²) in [6.07, 6.45) is 1.10. The van der Waals surface area contributed by atoms with Crippen LogP contribution in [-0.4, -0.2) is 20.8 Å². The fourth-order valence-electron chi connectivity index (χ4n) is 1.07. The van der Waals surface area contributed by atoms with Crippen molar-refractivity contribution in [3.63, 3.8) is 0 Å². The highest BCUT2D eigenvalue weighted by atomic mass is 32.2. The molecular formula is C12H14O3S. The zero-order valence-corrected chi connectivity index (χ0v) is 10.3. The van der Waals surface area contributed by atoms with Gasteiger partial charge in [-0.1, -0.05) is 12.1 Å². The summed E-state index contributed by atoms with van der Waals surface area (Å²) in [4.78, 5) is 0. The first kappa shape index (κ1) is 12.6. The van der Waals surface area contributed by atoms with Crippen LogP contribution < -0.4 is 4.74 Å². The minimum atomic E-state index is -3.28. The fraction of sp³-hybridized carbons (Fsp3) is 0.333. The summed E-state index contributed by atoms with van der Waals surface area (Å²) >= 11 is 0. The monoisotopic (exact) mass is 238 g/mol. The van der Waals surface area contributed by atoms with E-state index in [4.69, 9.17) is 4.74 Å². The molecule has 0 unspecified atom stereocenters. The normalized spacial score (nSPS) is 10.8. The standard InChI is InChI=1S/C12H14O3S/c1-10(2)15-12-7-5-4-6-11(12)8-9-16(3,13)14/h4-7,10H,1-3H3. The lowest BCUT2D eigenvalue weighted by Crippen LogP contribution is -2.06. The van der Waals surface area contributed by atoms with Gasteiger partial charge in [-0.05, 0) is 31.9 Å². The number of hydrogen-bond acceptors (Lipinski definition) is 3. The maximum Gasteiger partial charge on any atom is 0.214 e. The van der Waals surface area contributed by atoms with Gasteiger partial charge in [0.15, 0.2) is 0 Å². The van der Waals surface area contributed by atoms with Gasteiger partial charge in [-0.2, -0.15) is 0 Å². The Morgan fingerprint density at radius 3 is 2.44 bits per heavy atom. The van der Waals surface area contributed by atoms with Crippen LogP contribution in [0.5, 0.6) is 5.75 Å². The SMILES string of the molecule is CC(C)Oc1ccccc1C#CS(C)(=O)=O. The lowest BCUT2D eigenvalue weighted by Gasteiger charge is -2.10. The first-order chi connectivity index (χ1) is 7.38. The van der Waals surface area contributed by atoms with Gasteiger partial charge in [0.05, 0.1) is 17.9 Å². The molecular weight excluding hydrogens is 224 g/mol. The van der Waals surface area contributed by atoms with Gasteiger partial charge in [0.1, 0.15) is 5.75 Å². The van der Waals surface area contributed by atoms with Crippen LogP contribution in [0, 0.1) is 11.2 Å². The molecule has 0 fully saturated rings. The van der Waals surface area contributed by atoms with Crippen LogP contribution >= 0.6 is 0 Å².